The second-order valence-electron chi connectivity index (χ2n) is 5.65. The maximum Gasteiger partial charge on any atom is 0.253 e. The first-order chi connectivity index (χ1) is 9.12. The molecular weight excluding hydrogens is 256 g/mol. The fraction of sp³-hybridized carbons (Fsp3) is 0.429. The Morgan fingerprint density at radius 2 is 1.90 bits per heavy atom. The normalized spacial score (nSPS) is 11.0. The van der Waals surface area contributed by atoms with Crippen molar-refractivity contribution >= 4 is 23.2 Å². The molecule has 0 bridgehead atoms. The van der Waals surface area contributed by atoms with Gasteiger partial charge in [0.2, 0.25) is 5.91 Å². The third kappa shape index (κ3) is 4.15. The van der Waals surface area contributed by atoms with Gasteiger partial charge in [-0.2, -0.15) is 0 Å². The van der Waals surface area contributed by atoms with E-state index >= 15 is 0 Å². The number of rotatable bonds is 5. The van der Waals surface area contributed by atoms with E-state index in [0.29, 0.717) is 16.9 Å². The number of carbonyl (C=O) groups excluding carboxylic acids is 2. The molecule has 0 radical (unpaired) electrons. The fourth-order valence-electron chi connectivity index (χ4n) is 1.91. The summed E-state index contributed by atoms with van der Waals surface area (Å²) in [5.74, 6) is -0.500. The number of hydrogen-bond acceptors (Lipinski definition) is 4. The molecule has 20 heavy (non-hydrogen) atoms. The van der Waals surface area contributed by atoms with Crippen LogP contribution in [0.15, 0.2) is 18.2 Å². The molecule has 0 aromatic heterocycles. The SMILES string of the molecule is CN(C)C(=O)c1ccc(NC(C)(C)CC(N)=O)c(N)c1. The average Bonchev–Trinajstić information content (AvgIpc) is 2.28. The minimum absolute atomic E-state index is 0.111. The molecule has 0 heterocycles. The zero-order valence-corrected chi connectivity index (χ0v) is 12.4. The minimum atomic E-state index is -0.507. The molecule has 1 rings (SSSR count). The highest BCUT2D eigenvalue weighted by Crippen LogP contribution is 2.25. The predicted octanol–water partition coefficient (Wildman–Crippen LogP) is 1.04. The second kappa shape index (κ2) is 5.81. The summed E-state index contributed by atoms with van der Waals surface area (Å²) < 4.78 is 0. The van der Waals surface area contributed by atoms with Crippen LogP contribution < -0.4 is 16.8 Å². The molecule has 6 heteroatoms. The van der Waals surface area contributed by atoms with Crippen molar-refractivity contribution < 1.29 is 9.59 Å². The van der Waals surface area contributed by atoms with Gasteiger partial charge in [0.05, 0.1) is 11.4 Å². The smallest absolute Gasteiger partial charge is 0.253 e. The molecule has 0 atom stereocenters. The third-order valence-corrected chi connectivity index (χ3v) is 2.79. The summed E-state index contributed by atoms with van der Waals surface area (Å²) in [6.07, 6.45) is 0.185. The van der Waals surface area contributed by atoms with E-state index in [4.69, 9.17) is 11.5 Å². The van der Waals surface area contributed by atoms with Crippen LogP contribution in [0.3, 0.4) is 0 Å². The summed E-state index contributed by atoms with van der Waals surface area (Å²) in [4.78, 5) is 24.3. The van der Waals surface area contributed by atoms with Crippen LogP contribution in [-0.4, -0.2) is 36.3 Å². The van der Waals surface area contributed by atoms with Crippen LogP contribution in [0, 0.1) is 0 Å². The van der Waals surface area contributed by atoms with Gasteiger partial charge in [0.15, 0.2) is 0 Å². The highest BCUT2D eigenvalue weighted by Gasteiger charge is 2.21. The molecule has 5 N–H and O–H groups in total. The number of carbonyl (C=O) groups is 2. The quantitative estimate of drug-likeness (QED) is 0.700. The van der Waals surface area contributed by atoms with Crippen LogP contribution in [-0.2, 0) is 4.79 Å². The van der Waals surface area contributed by atoms with Gasteiger partial charge in [0.1, 0.15) is 0 Å². The Morgan fingerprint density at radius 1 is 1.30 bits per heavy atom. The number of nitrogens with zero attached hydrogens (tertiary/aromatic N) is 1. The van der Waals surface area contributed by atoms with Gasteiger partial charge in [-0.15, -0.1) is 0 Å². The Balaban J connectivity index is 2.94. The summed E-state index contributed by atoms with van der Waals surface area (Å²) in [5, 5.41) is 3.16. The summed E-state index contributed by atoms with van der Waals surface area (Å²) >= 11 is 0. The lowest BCUT2D eigenvalue weighted by Crippen LogP contribution is -2.36. The van der Waals surface area contributed by atoms with Crippen LogP contribution in [0.5, 0.6) is 0 Å². The average molecular weight is 278 g/mol. The number of primary amides is 1. The topological polar surface area (TPSA) is 101 Å². The maximum absolute atomic E-state index is 11.8. The Morgan fingerprint density at radius 3 is 2.35 bits per heavy atom. The molecule has 0 aliphatic heterocycles. The fourth-order valence-corrected chi connectivity index (χ4v) is 1.91. The van der Waals surface area contributed by atoms with Crippen molar-refractivity contribution in [2.75, 3.05) is 25.1 Å². The van der Waals surface area contributed by atoms with E-state index in [1.807, 2.05) is 13.8 Å². The van der Waals surface area contributed by atoms with Gasteiger partial charge < -0.3 is 21.7 Å². The highest BCUT2D eigenvalue weighted by molar-refractivity contribution is 5.95. The Kier molecular flexibility index (Phi) is 4.60. The van der Waals surface area contributed by atoms with E-state index in [0.717, 1.165) is 0 Å². The van der Waals surface area contributed by atoms with Gasteiger partial charge in [-0.1, -0.05) is 0 Å². The molecule has 2 amide bonds. The molecule has 0 saturated carbocycles. The highest BCUT2D eigenvalue weighted by atomic mass is 16.2. The monoisotopic (exact) mass is 278 g/mol. The minimum Gasteiger partial charge on any atom is -0.397 e. The molecule has 1 aromatic rings. The number of benzene rings is 1. The van der Waals surface area contributed by atoms with E-state index in [9.17, 15) is 9.59 Å². The number of nitrogens with one attached hydrogen (secondary N) is 1. The van der Waals surface area contributed by atoms with Crippen molar-refractivity contribution in [1.29, 1.82) is 0 Å². The molecule has 110 valence electrons. The van der Waals surface area contributed by atoms with Crippen LogP contribution in [0.1, 0.15) is 30.6 Å². The lowest BCUT2D eigenvalue weighted by Gasteiger charge is -2.27. The van der Waals surface area contributed by atoms with E-state index in [-0.39, 0.29) is 18.2 Å². The van der Waals surface area contributed by atoms with E-state index in [1.165, 1.54) is 4.90 Å². The molecule has 0 spiro atoms. The molecule has 0 unspecified atom stereocenters. The van der Waals surface area contributed by atoms with Crippen molar-refractivity contribution in [1.82, 2.24) is 4.90 Å². The molecular formula is C14H22N4O2. The van der Waals surface area contributed by atoms with E-state index in [1.54, 1.807) is 32.3 Å². The first kappa shape index (κ1) is 15.8. The molecule has 0 fully saturated rings. The summed E-state index contributed by atoms with van der Waals surface area (Å²) in [6, 6.07) is 5.04. The van der Waals surface area contributed by atoms with Crippen LogP contribution in [0.25, 0.3) is 0 Å². The van der Waals surface area contributed by atoms with Gasteiger partial charge >= 0.3 is 0 Å². The van der Waals surface area contributed by atoms with Gasteiger partial charge in [-0.05, 0) is 32.0 Å². The Bertz CT molecular complexity index is 524. The van der Waals surface area contributed by atoms with Crippen molar-refractivity contribution in [3.63, 3.8) is 0 Å². The molecule has 0 aliphatic rings. The number of anilines is 2. The second-order valence-corrected chi connectivity index (χ2v) is 5.65. The van der Waals surface area contributed by atoms with Crippen molar-refractivity contribution in [3.05, 3.63) is 23.8 Å². The number of nitrogens with two attached hydrogens (primary N) is 2. The lowest BCUT2D eigenvalue weighted by molar-refractivity contribution is -0.118. The summed E-state index contributed by atoms with van der Waals surface area (Å²) in [7, 11) is 3.36. The van der Waals surface area contributed by atoms with Gasteiger partial charge in [-0.25, -0.2) is 0 Å². The van der Waals surface area contributed by atoms with Crippen LogP contribution in [0.4, 0.5) is 11.4 Å². The van der Waals surface area contributed by atoms with Crippen molar-refractivity contribution in [2.45, 2.75) is 25.8 Å². The van der Waals surface area contributed by atoms with Crippen LogP contribution in [0.2, 0.25) is 0 Å². The molecule has 0 aliphatic carbocycles. The Labute approximate surface area is 119 Å². The largest absolute Gasteiger partial charge is 0.397 e. The maximum atomic E-state index is 11.8. The zero-order chi connectivity index (χ0) is 15.5. The predicted molar refractivity (Wildman–Crippen MR) is 80.4 cm³/mol. The third-order valence-electron chi connectivity index (χ3n) is 2.79. The Hall–Kier alpha value is -2.24. The molecule has 1 aromatic carbocycles. The first-order valence-corrected chi connectivity index (χ1v) is 6.30. The zero-order valence-electron chi connectivity index (χ0n) is 12.4. The van der Waals surface area contributed by atoms with Gasteiger partial charge in [0, 0.05) is 31.6 Å². The standard InChI is InChI=1S/C14H22N4O2/c1-14(2,8-12(16)19)17-11-6-5-9(7-10(11)15)13(20)18(3)4/h5-7,17H,8,15H2,1-4H3,(H2,16,19). The molecule has 6 nitrogen and oxygen atoms in total. The van der Waals surface area contributed by atoms with E-state index < -0.39 is 5.54 Å². The van der Waals surface area contributed by atoms with Gasteiger partial charge in [0.25, 0.3) is 5.91 Å². The molecule has 0 saturated heterocycles. The van der Waals surface area contributed by atoms with Crippen molar-refractivity contribution in [2.24, 2.45) is 5.73 Å². The first-order valence-electron chi connectivity index (χ1n) is 6.30. The summed E-state index contributed by atoms with van der Waals surface area (Å²) in [6.45, 7) is 3.71. The lowest BCUT2D eigenvalue weighted by atomic mass is 9.99. The summed E-state index contributed by atoms with van der Waals surface area (Å²) in [5.41, 5.74) is 12.3. The van der Waals surface area contributed by atoms with Crippen LogP contribution >= 0.6 is 0 Å². The number of hydrogen-bond donors (Lipinski definition) is 3. The number of amides is 2. The van der Waals surface area contributed by atoms with Gasteiger partial charge in [-0.3, -0.25) is 9.59 Å². The van der Waals surface area contributed by atoms with Crippen molar-refractivity contribution in [3.8, 4) is 0 Å². The van der Waals surface area contributed by atoms with E-state index in [2.05, 4.69) is 5.32 Å². The number of nitrogen functional groups attached to an aromatic ring is 1.